The van der Waals surface area contributed by atoms with E-state index in [2.05, 4.69) is 57.1 Å². The van der Waals surface area contributed by atoms with Crippen LogP contribution in [-0.4, -0.2) is 37.4 Å². The van der Waals surface area contributed by atoms with Crippen LogP contribution in [0.4, 0.5) is 5.13 Å². The van der Waals surface area contributed by atoms with Crippen LogP contribution in [0, 0.1) is 5.41 Å². The van der Waals surface area contributed by atoms with Crippen LogP contribution in [0.3, 0.4) is 0 Å². The number of anilines is 1. The van der Waals surface area contributed by atoms with Crippen LogP contribution in [0.2, 0.25) is 0 Å². The van der Waals surface area contributed by atoms with E-state index in [9.17, 15) is 5.11 Å². The van der Waals surface area contributed by atoms with Crippen molar-refractivity contribution in [2.45, 2.75) is 90.5 Å². The molecule has 0 radical (unpaired) electrons. The molecule has 7 nitrogen and oxygen atoms in total. The van der Waals surface area contributed by atoms with Crippen LogP contribution >= 0.6 is 23.1 Å². The van der Waals surface area contributed by atoms with E-state index in [-0.39, 0.29) is 28.0 Å². The molecule has 9 heteroatoms. The van der Waals surface area contributed by atoms with Crippen molar-refractivity contribution in [3.8, 4) is 5.75 Å². The molecule has 1 aliphatic heterocycles. The molecule has 0 bridgehead atoms. The Bertz CT molecular complexity index is 1060. The predicted octanol–water partition coefficient (Wildman–Crippen LogP) is 6.75. The number of aliphatic imine (C=N–C) groups is 1. The lowest BCUT2D eigenvalue weighted by atomic mass is 9.96. The predicted molar refractivity (Wildman–Crippen MR) is 144 cm³/mol. The van der Waals surface area contributed by atoms with Crippen LogP contribution in [0.25, 0.3) is 0 Å². The molecule has 1 atom stereocenters. The van der Waals surface area contributed by atoms with Crippen molar-refractivity contribution in [3.63, 3.8) is 0 Å². The number of nitrogens with one attached hydrogen (secondary N) is 1. The highest BCUT2D eigenvalue weighted by molar-refractivity contribution is 8.14. The molecule has 1 saturated carbocycles. The standard InChI is InChI=1S/C25H36N6OS2/c1-24(2,3)20-28-29-23(34-20)27-22(26-16-12-8-7-9-13-16)31-19(17-14-10-11-15-18(17)32)33-21(30-31)25(4,5)6/h10-11,14-16,19,32H,7-9,12-13H2,1-6H3,(H,26,27,29). The molecule has 0 amide bonds. The van der Waals surface area contributed by atoms with Gasteiger partial charge in [0, 0.05) is 16.4 Å². The van der Waals surface area contributed by atoms with Gasteiger partial charge in [-0.25, -0.2) is 10.0 Å². The Morgan fingerprint density at radius 1 is 1.03 bits per heavy atom. The lowest BCUT2D eigenvalue weighted by Gasteiger charge is -2.27. The van der Waals surface area contributed by atoms with Crippen molar-refractivity contribution in [3.05, 3.63) is 34.8 Å². The second-order valence-corrected chi connectivity index (χ2v) is 13.1. The van der Waals surface area contributed by atoms with E-state index in [0.717, 1.165) is 28.5 Å². The Labute approximate surface area is 211 Å². The number of aromatic nitrogens is 2. The van der Waals surface area contributed by atoms with Gasteiger partial charge in [0.25, 0.3) is 0 Å². The largest absolute Gasteiger partial charge is 0.508 e. The SMILES string of the molecule is CC(C)(C)C1=NN(C(=NC2CCCCC2)Nc2nnc(C(C)(C)C)s2)C(c2ccccc2O)S1. The molecule has 1 aromatic carbocycles. The van der Waals surface area contributed by atoms with Gasteiger partial charge < -0.3 is 5.11 Å². The minimum Gasteiger partial charge on any atom is -0.508 e. The van der Waals surface area contributed by atoms with Crippen molar-refractivity contribution < 1.29 is 5.11 Å². The van der Waals surface area contributed by atoms with E-state index >= 15 is 0 Å². The second kappa shape index (κ2) is 9.85. The number of hydrogen-bond donors (Lipinski definition) is 2. The van der Waals surface area contributed by atoms with Gasteiger partial charge >= 0.3 is 0 Å². The molecule has 1 aromatic heterocycles. The summed E-state index contributed by atoms with van der Waals surface area (Å²) in [6, 6.07) is 7.74. The molecule has 1 unspecified atom stereocenters. The first-order valence-corrected chi connectivity index (χ1v) is 13.7. The number of hydrazone groups is 1. The van der Waals surface area contributed by atoms with Crippen molar-refractivity contribution >= 4 is 39.2 Å². The summed E-state index contributed by atoms with van der Waals surface area (Å²) in [7, 11) is 0. The summed E-state index contributed by atoms with van der Waals surface area (Å²) in [5.74, 6) is 0.932. The molecule has 184 valence electrons. The summed E-state index contributed by atoms with van der Waals surface area (Å²) in [4.78, 5) is 5.17. The number of para-hydroxylation sites is 1. The fourth-order valence-corrected chi connectivity index (χ4v) is 5.98. The summed E-state index contributed by atoms with van der Waals surface area (Å²) in [6.45, 7) is 12.9. The summed E-state index contributed by atoms with van der Waals surface area (Å²) < 4.78 is 0. The Hall–Kier alpha value is -2.13. The van der Waals surface area contributed by atoms with Crippen molar-refractivity contribution in [2.24, 2.45) is 15.5 Å². The smallest absolute Gasteiger partial charge is 0.222 e. The molecule has 2 aliphatic rings. The van der Waals surface area contributed by atoms with Gasteiger partial charge in [0.2, 0.25) is 11.1 Å². The van der Waals surface area contributed by atoms with Gasteiger partial charge in [-0.15, -0.1) is 10.2 Å². The zero-order valence-corrected chi connectivity index (χ0v) is 22.6. The van der Waals surface area contributed by atoms with Gasteiger partial charge in [-0.05, 0) is 18.9 Å². The number of phenols is 1. The van der Waals surface area contributed by atoms with E-state index in [4.69, 9.17) is 10.1 Å². The molecule has 4 rings (SSSR count). The van der Waals surface area contributed by atoms with E-state index in [0.29, 0.717) is 11.1 Å². The number of aromatic hydroxyl groups is 1. The van der Waals surface area contributed by atoms with E-state index < -0.39 is 0 Å². The van der Waals surface area contributed by atoms with Crippen LogP contribution in [0.1, 0.15) is 89.6 Å². The number of benzene rings is 1. The topological polar surface area (TPSA) is 86.0 Å². The third-order valence-corrected chi connectivity index (χ3v) is 8.73. The molecule has 2 heterocycles. The third-order valence-electron chi connectivity index (χ3n) is 5.87. The summed E-state index contributed by atoms with van der Waals surface area (Å²) in [6.07, 6.45) is 5.82. The van der Waals surface area contributed by atoms with Gasteiger partial charge in [0.15, 0.2) is 0 Å². The monoisotopic (exact) mass is 500 g/mol. The zero-order valence-electron chi connectivity index (χ0n) is 21.0. The van der Waals surface area contributed by atoms with Crippen molar-refractivity contribution in [1.29, 1.82) is 0 Å². The van der Waals surface area contributed by atoms with Gasteiger partial charge in [-0.2, -0.15) is 5.10 Å². The maximum absolute atomic E-state index is 10.7. The quantitative estimate of drug-likeness (QED) is 0.358. The minimum atomic E-state index is -0.222. The Balaban J connectivity index is 1.75. The minimum absolute atomic E-state index is 0.0717. The zero-order chi connectivity index (χ0) is 24.5. The lowest BCUT2D eigenvalue weighted by Crippen LogP contribution is -2.34. The van der Waals surface area contributed by atoms with Gasteiger partial charge in [0.1, 0.15) is 21.2 Å². The number of guanidine groups is 1. The second-order valence-electron chi connectivity index (χ2n) is 11.1. The number of thioether (sulfide) groups is 1. The highest BCUT2D eigenvalue weighted by atomic mass is 32.2. The van der Waals surface area contributed by atoms with E-state index in [1.165, 1.54) is 19.3 Å². The van der Waals surface area contributed by atoms with E-state index in [1.807, 2.05) is 23.2 Å². The number of hydrogen-bond acceptors (Lipinski definition) is 7. The summed E-state index contributed by atoms with van der Waals surface area (Å²) >= 11 is 3.22. The fourth-order valence-electron chi connectivity index (χ4n) is 3.91. The Morgan fingerprint density at radius 3 is 2.35 bits per heavy atom. The molecule has 34 heavy (non-hydrogen) atoms. The molecule has 1 aliphatic carbocycles. The van der Waals surface area contributed by atoms with Gasteiger partial charge in [0.05, 0.1) is 6.04 Å². The molecule has 2 aromatic rings. The van der Waals surface area contributed by atoms with Gasteiger partial charge in [-0.3, -0.25) is 5.32 Å². The molecule has 2 N–H and O–H groups in total. The Morgan fingerprint density at radius 2 is 1.74 bits per heavy atom. The maximum atomic E-state index is 10.7. The number of phenolic OH excluding ortho intramolecular Hbond substituents is 1. The number of rotatable bonds is 3. The molecule has 0 spiro atoms. The van der Waals surface area contributed by atoms with Crippen LogP contribution in [-0.2, 0) is 5.41 Å². The first-order valence-electron chi connectivity index (χ1n) is 12.0. The third kappa shape index (κ3) is 5.74. The lowest BCUT2D eigenvalue weighted by molar-refractivity contribution is 0.395. The van der Waals surface area contributed by atoms with E-state index in [1.54, 1.807) is 29.2 Å². The van der Waals surface area contributed by atoms with Gasteiger partial charge in [-0.1, -0.05) is 102 Å². The van der Waals surface area contributed by atoms with Crippen LogP contribution in [0.5, 0.6) is 5.75 Å². The first-order chi connectivity index (χ1) is 16.0. The highest BCUT2D eigenvalue weighted by Crippen LogP contribution is 2.47. The molecular weight excluding hydrogens is 464 g/mol. The molecular formula is C25H36N6OS2. The fraction of sp³-hybridized carbons (Fsp3) is 0.600. The highest BCUT2D eigenvalue weighted by Gasteiger charge is 2.39. The molecule has 0 saturated heterocycles. The first kappa shape index (κ1) is 25.0. The Kier molecular flexibility index (Phi) is 7.24. The van der Waals surface area contributed by atoms with Crippen LogP contribution < -0.4 is 5.32 Å². The summed E-state index contributed by atoms with van der Waals surface area (Å²) in [5.41, 5.74) is 0.624. The average Bonchev–Trinajstić information content (AvgIpc) is 3.42. The number of nitrogens with zero attached hydrogens (tertiary/aromatic N) is 5. The molecule has 1 fully saturated rings. The van der Waals surface area contributed by atoms with Crippen LogP contribution in [0.15, 0.2) is 34.4 Å². The normalized spacial score (nSPS) is 20.5. The summed E-state index contributed by atoms with van der Waals surface area (Å²) in [5, 5.41) is 32.4. The van der Waals surface area contributed by atoms with Crippen molar-refractivity contribution in [2.75, 3.05) is 5.32 Å². The average molecular weight is 501 g/mol. The van der Waals surface area contributed by atoms with Crippen molar-refractivity contribution in [1.82, 2.24) is 15.2 Å². The maximum Gasteiger partial charge on any atom is 0.222 e.